The minimum absolute atomic E-state index is 0.0299. The Labute approximate surface area is 198 Å². The fourth-order valence-corrected chi connectivity index (χ4v) is 4.83. The minimum Gasteiger partial charge on any atom is -0.374 e. The first kappa shape index (κ1) is 24.0. The van der Waals surface area contributed by atoms with Gasteiger partial charge in [0.2, 0.25) is 5.60 Å². The zero-order valence-corrected chi connectivity index (χ0v) is 19.4. The summed E-state index contributed by atoms with van der Waals surface area (Å²) in [5.74, 6) is -0.869. The molecule has 34 heavy (non-hydrogen) atoms. The first-order valence-electron chi connectivity index (χ1n) is 10.5. The van der Waals surface area contributed by atoms with Crippen molar-refractivity contribution in [2.45, 2.75) is 37.7 Å². The Hall–Kier alpha value is -3.10. The number of fused-ring (bicyclic) bond motifs is 1. The molecule has 4 rings (SSSR count). The molecule has 2 aromatic rings. The minimum atomic E-state index is -4.88. The van der Waals surface area contributed by atoms with Crippen LogP contribution in [0.5, 0.6) is 0 Å². The molecule has 0 radical (unpaired) electrons. The lowest BCUT2D eigenvalue weighted by atomic mass is 10.00. The van der Waals surface area contributed by atoms with Crippen LogP contribution in [0.25, 0.3) is 11.3 Å². The van der Waals surface area contributed by atoms with E-state index in [4.69, 9.17) is 16.9 Å². The zero-order chi connectivity index (χ0) is 25.0. The molecule has 1 saturated heterocycles. The van der Waals surface area contributed by atoms with Gasteiger partial charge in [-0.15, -0.1) is 0 Å². The number of carbonyl (C=O) groups is 1. The van der Waals surface area contributed by atoms with Gasteiger partial charge in [0.05, 0.1) is 34.9 Å². The predicted molar refractivity (Wildman–Crippen MR) is 118 cm³/mol. The van der Waals surface area contributed by atoms with Gasteiger partial charge in [-0.1, -0.05) is 23.7 Å². The summed E-state index contributed by atoms with van der Waals surface area (Å²) >= 11 is 6.55. The number of nitriles is 1. The third kappa shape index (κ3) is 3.80. The standard InChI is InChI=1S/C22H22ClF3N6O2/c1-12-10-31(11-15-9-28-20(32(12)15)21(2,34)22(24,25)26)19(33)17-16(23)18(30(3)29-17)14-6-4-13(8-27)5-7-14/h4-7,12,15,34H,9-11H2,1-3H3/t12-,15?,21+/m0/s1. The number of alkyl halides is 3. The highest BCUT2D eigenvalue weighted by molar-refractivity contribution is 6.36. The molecule has 3 heterocycles. The van der Waals surface area contributed by atoms with E-state index in [0.29, 0.717) is 23.7 Å². The molecule has 1 amide bonds. The Morgan fingerprint density at radius 3 is 2.50 bits per heavy atom. The molecule has 180 valence electrons. The lowest BCUT2D eigenvalue weighted by Crippen LogP contribution is -2.64. The summed E-state index contributed by atoms with van der Waals surface area (Å²) in [4.78, 5) is 20.3. The number of nitrogens with zero attached hydrogens (tertiary/aromatic N) is 6. The number of carbonyl (C=O) groups excluding carboxylic acids is 1. The quantitative estimate of drug-likeness (QED) is 0.707. The van der Waals surface area contributed by atoms with Crippen molar-refractivity contribution in [3.63, 3.8) is 0 Å². The Kier molecular flexibility index (Phi) is 5.86. The monoisotopic (exact) mass is 494 g/mol. The van der Waals surface area contributed by atoms with Gasteiger partial charge in [0, 0.05) is 31.7 Å². The summed E-state index contributed by atoms with van der Waals surface area (Å²) in [7, 11) is 1.65. The van der Waals surface area contributed by atoms with Gasteiger partial charge in [-0.3, -0.25) is 14.5 Å². The van der Waals surface area contributed by atoms with Gasteiger partial charge < -0.3 is 14.9 Å². The number of aliphatic hydroxyl groups is 1. The Morgan fingerprint density at radius 1 is 1.26 bits per heavy atom. The molecule has 1 aromatic carbocycles. The summed E-state index contributed by atoms with van der Waals surface area (Å²) in [5.41, 5.74) is -1.38. The fraction of sp³-hybridized carbons (Fsp3) is 0.455. The Bertz CT molecular complexity index is 1200. The van der Waals surface area contributed by atoms with E-state index in [1.807, 2.05) is 6.07 Å². The molecule has 1 unspecified atom stereocenters. The maximum Gasteiger partial charge on any atom is 0.424 e. The normalized spacial score (nSPS) is 22.1. The number of aryl methyl sites for hydroxylation is 1. The van der Waals surface area contributed by atoms with Crippen molar-refractivity contribution in [3.8, 4) is 17.3 Å². The maximum absolute atomic E-state index is 13.4. The van der Waals surface area contributed by atoms with Crippen LogP contribution in [-0.2, 0) is 7.05 Å². The van der Waals surface area contributed by atoms with Crippen molar-refractivity contribution >= 4 is 23.3 Å². The highest BCUT2D eigenvalue weighted by atomic mass is 35.5. The second-order valence-corrected chi connectivity index (χ2v) is 9.06. The second kappa shape index (κ2) is 8.29. The summed E-state index contributed by atoms with van der Waals surface area (Å²) in [6.07, 6.45) is -4.88. The zero-order valence-electron chi connectivity index (χ0n) is 18.6. The van der Waals surface area contributed by atoms with Crippen LogP contribution in [0.1, 0.15) is 29.9 Å². The molecule has 2 aliphatic rings. The molecule has 3 atom stereocenters. The Morgan fingerprint density at radius 2 is 1.91 bits per heavy atom. The van der Waals surface area contributed by atoms with E-state index in [0.717, 1.165) is 0 Å². The van der Waals surface area contributed by atoms with Gasteiger partial charge in [-0.2, -0.15) is 23.5 Å². The van der Waals surface area contributed by atoms with E-state index in [-0.39, 0.29) is 30.4 Å². The number of rotatable bonds is 3. The number of aliphatic imine (C=N–C) groups is 1. The molecule has 0 spiro atoms. The number of piperazine rings is 1. The second-order valence-electron chi connectivity index (χ2n) is 8.68. The number of aromatic nitrogens is 2. The third-order valence-corrected chi connectivity index (χ3v) is 6.59. The first-order chi connectivity index (χ1) is 15.9. The highest BCUT2D eigenvalue weighted by Gasteiger charge is 2.58. The van der Waals surface area contributed by atoms with E-state index in [9.17, 15) is 23.1 Å². The highest BCUT2D eigenvalue weighted by Crippen LogP contribution is 2.37. The SMILES string of the molecule is C[C@H]1CN(C(=O)c2nn(C)c(-c3ccc(C#N)cc3)c2Cl)CC2CN=C([C@@](C)(O)C(F)(F)F)N21. The van der Waals surface area contributed by atoms with Crippen molar-refractivity contribution in [1.29, 1.82) is 5.26 Å². The summed E-state index contributed by atoms with van der Waals surface area (Å²) < 4.78 is 41.7. The van der Waals surface area contributed by atoms with Crippen molar-refractivity contribution < 1.29 is 23.1 Å². The van der Waals surface area contributed by atoms with E-state index >= 15 is 0 Å². The number of amidine groups is 1. The fourth-order valence-electron chi connectivity index (χ4n) is 4.48. The Balaban J connectivity index is 1.57. The molecular formula is C22H22ClF3N6O2. The first-order valence-corrected chi connectivity index (χ1v) is 10.9. The van der Waals surface area contributed by atoms with Gasteiger partial charge in [0.25, 0.3) is 5.91 Å². The summed E-state index contributed by atoms with van der Waals surface area (Å²) in [5, 5.41) is 23.6. The van der Waals surface area contributed by atoms with Crippen LogP contribution in [0.3, 0.4) is 0 Å². The van der Waals surface area contributed by atoms with Crippen LogP contribution in [0.2, 0.25) is 5.02 Å². The molecule has 8 nitrogen and oxygen atoms in total. The van der Waals surface area contributed by atoms with Gasteiger partial charge in [-0.25, -0.2) is 0 Å². The maximum atomic E-state index is 13.4. The van der Waals surface area contributed by atoms with Crippen molar-refractivity contribution in [3.05, 3.63) is 40.5 Å². The smallest absolute Gasteiger partial charge is 0.374 e. The summed E-state index contributed by atoms with van der Waals surface area (Å²) in [6.45, 7) is 2.63. The molecule has 1 aromatic heterocycles. The summed E-state index contributed by atoms with van der Waals surface area (Å²) in [6, 6.07) is 7.70. The van der Waals surface area contributed by atoms with Gasteiger partial charge in [0.1, 0.15) is 5.84 Å². The average molecular weight is 495 g/mol. The topological polar surface area (TPSA) is 97.8 Å². The molecule has 0 saturated carbocycles. The van der Waals surface area contributed by atoms with Crippen molar-refractivity contribution in [2.24, 2.45) is 12.0 Å². The van der Waals surface area contributed by atoms with E-state index < -0.39 is 35.6 Å². The van der Waals surface area contributed by atoms with E-state index in [1.165, 1.54) is 14.5 Å². The number of hydrogen-bond acceptors (Lipinski definition) is 6. The van der Waals surface area contributed by atoms with Crippen LogP contribution >= 0.6 is 11.6 Å². The molecule has 1 fully saturated rings. The number of amides is 1. The average Bonchev–Trinajstić information content (AvgIpc) is 3.34. The van der Waals surface area contributed by atoms with Crippen LogP contribution in [0, 0.1) is 11.3 Å². The van der Waals surface area contributed by atoms with E-state index in [1.54, 1.807) is 38.2 Å². The van der Waals surface area contributed by atoms with Crippen molar-refractivity contribution in [1.82, 2.24) is 19.6 Å². The lowest BCUT2D eigenvalue weighted by Gasteiger charge is -2.45. The largest absolute Gasteiger partial charge is 0.424 e. The third-order valence-electron chi connectivity index (χ3n) is 6.23. The molecule has 0 aliphatic carbocycles. The van der Waals surface area contributed by atoms with Crippen LogP contribution in [0.15, 0.2) is 29.3 Å². The van der Waals surface area contributed by atoms with Crippen molar-refractivity contribution in [2.75, 3.05) is 19.6 Å². The lowest BCUT2D eigenvalue weighted by molar-refractivity contribution is -0.227. The molecular weight excluding hydrogens is 473 g/mol. The molecule has 12 heteroatoms. The number of hydrogen-bond donors (Lipinski definition) is 1. The van der Waals surface area contributed by atoms with E-state index in [2.05, 4.69) is 10.1 Å². The number of halogens is 4. The van der Waals surface area contributed by atoms with Gasteiger partial charge in [0.15, 0.2) is 5.69 Å². The van der Waals surface area contributed by atoms with Gasteiger partial charge >= 0.3 is 6.18 Å². The predicted octanol–water partition coefficient (Wildman–Crippen LogP) is 2.85. The molecule has 0 bridgehead atoms. The number of benzene rings is 1. The molecule has 1 N–H and O–H groups in total. The van der Waals surface area contributed by atoms with Crippen LogP contribution in [0.4, 0.5) is 13.2 Å². The van der Waals surface area contributed by atoms with Gasteiger partial charge in [-0.05, 0) is 26.0 Å². The van der Waals surface area contributed by atoms with Crippen LogP contribution < -0.4 is 0 Å². The molecule has 2 aliphatic heterocycles. The van der Waals surface area contributed by atoms with Crippen LogP contribution in [-0.4, -0.2) is 79.9 Å².